The average Bonchev–Trinajstić information content (AvgIpc) is 2.29. The maximum absolute atomic E-state index is 12.1. The van der Waals surface area contributed by atoms with E-state index in [1.807, 2.05) is 13.8 Å². The molecule has 0 amide bonds. The normalized spacial score (nSPS) is 11.8. The highest BCUT2D eigenvalue weighted by Gasteiger charge is 2.27. The van der Waals surface area contributed by atoms with Gasteiger partial charge in [-0.3, -0.25) is 0 Å². The van der Waals surface area contributed by atoms with Gasteiger partial charge in [0.1, 0.15) is 11.6 Å². The molecular formula is C12H18F3N3O. The maximum Gasteiger partial charge on any atom is 0.392 e. The Hall–Kier alpha value is -1.53. The molecule has 1 rings (SSSR count). The predicted molar refractivity (Wildman–Crippen MR) is 66.6 cm³/mol. The lowest BCUT2D eigenvalue weighted by atomic mass is 10.2. The van der Waals surface area contributed by atoms with E-state index in [-0.39, 0.29) is 11.8 Å². The van der Waals surface area contributed by atoms with E-state index in [1.165, 1.54) is 0 Å². The Morgan fingerprint density at radius 2 is 1.89 bits per heavy atom. The number of anilines is 1. The minimum Gasteiger partial charge on any atom is -0.477 e. The van der Waals surface area contributed by atoms with Crippen LogP contribution in [0.4, 0.5) is 19.0 Å². The number of nitrogens with zero attached hydrogens (tertiary/aromatic N) is 2. The molecule has 0 aliphatic rings. The molecule has 1 aromatic rings. The van der Waals surface area contributed by atoms with Crippen molar-refractivity contribution in [1.82, 2.24) is 9.97 Å². The fraction of sp³-hybridized carbons (Fsp3) is 0.667. The van der Waals surface area contributed by atoms with Crippen LogP contribution < -0.4 is 10.1 Å². The molecule has 0 saturated heterocycles. The van der Waals surface area contributed by atoms with Gasteiger partial charge in [-0.05, 0) is 6.92 Å². The van der Waals surface area contributed by atoms with Gasteiger partial charge in [0.15, 0.2) is 0 Å². The lowest BCUT2D eigenvalue weighted by Crippen LogP contribution is -2.15. The SMILES string of the molecule is CNc1nc(C(C)C)nc(OCCC(F)(F)F)c1C. The van der Waals surface area contributed by atoms with Crippen molar-refractivity contribution in [2.75, 3.05) is 19.0 Å². The van der Waals surface area contributed by atoms with E-state index in [0.717, 1.165) is 0 Å². The lowest BCUT2D eigenvalue weighted by Gasteiger charge is -2.15. The minimum absolute atomic E-state index is 0.0673. The highest BCUT2D eigenvalue weighted by atomic mass is 19.4. The van der Waals surface area contributed by atoms with Crippen molar-refractivity contribution < 1.29 is 17.9 Å². The molecule has 108 valence electrons. The summed E-state index contributed by atoms with van der Waals surface area (Å²) in [6.07, 6.45) is -5.23. The van der Waals surface area contributed by atoms with E-state index in [0.29, 0.717) is 17.2 Å². The molecule has 1 aromatic heterocycles. The first-order valence-corrected chi connectivity index (χ1v) is 6.00. The van der Waals surface area contributed by atoms with Crippen LogP contribution in [-0.4, -0.2) is 29.8 Å². The molecule has 0 aliphatic heterocycles. The molecule has 1 heterocycles. The van der Waals surface area contributed by atoms with E-state index in [9.17, 15) is 13.2 Å². The van der Waals surface area contributed by atoms with Gasteiger partial charge in [-0.1, -0.05) is 13.8 Å². The fourth-order valence-electron chi connectivity index (χ4n) is 1.42. The van der Waals surface area contributed by atoms with Crippen molar-refractivity contribution in [2.45, 2.75) is 39.3 Å². The monoisotopic (exact) mass is 277 g/mol. The van der Waals surface area contributed by atoms with Gasteiger partial charge in [0, 0.05) is 13.0 Å². The third-order valence-corrected chi connectivity index (χ3v) is 2.50. The van der Waals surface area contributed by atoms with Crippen LogP contribution in [0.1, 0.15) is 37.6 Å². The van der Waals surface area contributed by atoms with Gasteiger partial charge < -0.3 is 10.1 Å². The minimum atomic E-state index is -4.23. The third kappa shape index (κ3) is 4.57. The number of alkyl halides is 3. The number of hydrogen-bond donors (Lipinski definition) is 1. The van der Waals surface area contributed by atoms with Gasteiger partial charge in [0.05, 0.1) is 18.6 Å². The molecule has 0 saturated carbocycles. The van der Waals surface area contributed by atoms with Crippen molar-refractivity contribution in [1.29, 1.82) is 0 Å². The summed E-state index contributed by atoms with van der Waals surface area (Å²) >= 11 is 0. The second-order valence-electron chi connectivity index (χ2n) is 4.48. The van der Waals surface area contributed by atoms with Crippen molar-refractivity contribution >= 4 is 5.82 Å². The molecule has 0 bridgehead atoms. The second-order valence-corrected chi connectivity index (χ2v) is 4.48. The molecule has 0 radical (unpaired) electrons. The topological polar surface area (TPSA) is 47.0 Å². The van der Waals surface area contributed by atoms with Crippen molar-refractivity contribution in [3.8, 4) is 5.88 Å². The van der Waals surface area contributed by atoms with E-state index < -0.39 is 19.2 Å². The van der Waals surface area contributed by atoms with Crippen LogP contribution in [0.15, 0.2) is 0 Å². The predicted octanol–water partition coefficient (Wildman–Crippen LogP) is 3.28. The Bertz CT molecular complexity index is 433. The molecule has 7 heteroatoms. The molecule has 0 fully saturated rings. The summed E-state index contributed by atoms with van der Waals surface area (Å²) in [6, 6.07) is 0. The quantitative estimate of drug-likeness (QED) is 0.897. The van der Waals surface area contributed by atoms with Crippen LogP contribution in [0.25, 0.3) is 0 Å². The van der Waals surface area contributed by atoms with E-state index in [1.54, 1.807) is 14.0 Å². The van der Waals surface area contributed by atoms with E-state index in [4.69, 9.17) is 4.74 Å². The number of aromatic nitrogens is 2. The van der Waals surface area contributed by atoms with Crippen LogP contribution in [0.2, 0.25) is 0 Å². The summed E-state index contributed by atoms with van der Waals surface area (Å²) in [4.78, 5) is 8.44. The molecule has 0 aromatic carbocycles. The smallest absolute Gasteiger partial charge is 0.392 e. The van der Waals surface area contributed by atoms with Crippen molar-refractivity contribution in [3.63, 3.8) is 0 Å². The van der Waals surface area contributed by atoms with Crippen molar-refractivity contribution in [2.24, 2.45) is 0 Å². The molecule has 0 atom stereocenters. The maximum atomic E-state index is 12.1. The van der Waals surface area contributed by atoms with E-state index in [2.05, 4.69) is 15.3 Å². The number of rotatable bonds is 5. The van der Waals surface area contributed by atoms with Crippen LogP contribution >= 0.6 is 0 Å². The molecule has 1 N–H and O–H groups in total. The summed E-state index contributed by atoms with van der Waals surface area (Å²) < 4.78 is 41.4. The second kappa shape index (κ2) is 6.08. The van der Waals surface area contributed by atoms with Gasteiger partial charge in [0.25, 0.3) is 0 Å². The number of ether oxygens (including phenoxy) is 1. The zero-order valence-electron chi connectivity index (χ0n) is 11.4. The zero-order chi connectivity index (χ0) is 14.6. The third-order valence-electron chi connectivity index (χ3n) is 2.50. The average molecular weight is 277 g/mol. The molecular weight excluding hydrogens is 259 g/mol. The first-order chi connectivity index (χ1) is 8.74. The zero-order valence-corrected chi connectivity index (χ0v) is 11.4. The molecule has 19 heavy (non-hydrogen) atoms. The number of nitrogens with one attached hydrogen (secondary N) is 1. The summed E-state index contributed by atoms with van der Waals surface area (Å²) in [5.41, 5.74) is 0.606. The standard InChI is InChI=1S/C12H18F3N3O/c1-7(2)9-17-10(16-4)8(3)11(18-9)19-6-5-12(13,14)15/h7H,5-6H2,1-4H3,(H,16,17,18). The summed E-state index contributed by atoms with van der Waals surface area (Å²) in [5.74, 6) is 1.38. The molecule has 0 aliphatic carbocycles. The number of hydrogen-bond acceptors (Lipinski definition) is 4. The molecule has 4 nitrogen and oxygen atoms in total. The van der Waals surface area contributed by atoms with Gasteiger partial charge >= 0.3 is 6.18 Å². The van der Waals surface area contributed by atoms with Crippen LogP contribution in [-0.2, 0) is 0 Å². The van der Waals surface area contributed by atoms with Crippen molar-refractivity contribution in [3.05, 3.63) is 11.4 Å². The molecule has 0 unspecified atom stereocenters. The Morgan fingerprint density at radius 3 is 2.37 bits per heavy atom. The van der Waals surface area contributed by atoms with E-state index >= 15 is 0 Å². The van der Waals surface area contributed by atoms with Gasteiger partial charge in [-0.25, -0.2) is 4.98 Å². The first-order valence-electron chi connectivity index (χ1n) is 6.00. The summed E-state index contributed by atoms with van der Waals surface area (Å²) in [6.45, 7) is 5.08. The highest BCUT2D eigenvalue weighted by Crippen LogP contribution is 2.26. The van der Waals surface area contributed by atoms with Crippen LogP contribution in [0.5, 0.6) is 5.88 Å². The summed E-state index contributed by atoms with van der Waals surface area (Å²) in [7, 11) is 1.69. The number of halogens is 3. The van der Waals surface area contributed by atoms with Crippen LogP contribution in [0.3, 0.4) is 0 Å². The Labute approximate surface area is 110 Å². The lowest BCUT2D eigenvalue weighted by molar-refractivity contribution is -0.139. The van der Waals surface area contributed by atoms with Gasteiger partial charge in [-0.15, -0.1) is 0 Å². The van der Waals surface area contributed by atoms with Gasteiger partial charge in [0.2, 0.25) is 5.88 Å². The molecule has 0 spiro atoms. The Kier molecular flexibility index (Phi) is 4.97. The Balaban J connectivity index is 2.89. The largest absolute Gasteiger partial charge is 0.477 e. The van der Waals surface area contributed by atoms with Gasteiger partial charge in [-0.2, -0.15) is 18.2 Å². The summed E-state index contributed by atoms with van der Waals surface area (Å²) in [5, 5.41) is 2.88. The first kappa shape index (κ1) is 15.5. The van der Waals surface area contributed by atoms with Crippen LogP contribution in [0, 0.1) is 6.92 Å². The Morgan fingerprint density at radius 1 is 1.26 bits per heavy atom. The fourth-order valence-corrected chi connectivity index (χ4v) is 1.42. The highest BCUT2D eigenvalue weighted by molar-refractivity contribution is 5.48.